The van der Waals surface area contributed by atoms with E-state index in [2.05, 4.69) is 46.2 Å². The molecule has 0 aromatic heterocycles. The average molecular weight is 393 g/mol. The third-order valence-corrected chi connectivity index (χ3v) is 6.49. The average Bonchev–Trinajstić information content (AvgIpc) is 3.19. The quantitative estimate of drug-likeness (QED) is 0.805. The van der Waals surface area contributed by atoms with E-state index in [1.807, 2.05) is 12.1 Å². The molecule has 0 bridgehead atoms. The Labute approximate surface area is 174 Å². The predicted octanol–water partition coefficient (Wildman–Crippen LogP) is 4.09. The number of hydrogen-bond acceptors (Lipinski definition) is 3. The molecule has 0 spiro atoms. The number of carbonyl (C=O) groups is 1. The molecule has 2 saturated heterocycles. The number of phenols is 1. The Kier molecular flexibility index (Phi) is 6.50. The Morgan fingerprint density at radius 1 is 0.897 bits per heavy atom. The van der Waals surface area contributed by atoms with E-state index in [-0.39, 0.29) is 0 Å². The van der Waals surface area contributed by atoms with Crippen LogP contribution in [0.25, 0.3) is 0 Å². The summed E-state index contributed by atoms with van der Waals surface area (Å²) >= 11 is 0. The van der Waals surface area contributed by atoms with Crippen LogP contribution < -0.4 is 0 Å². The van der Waals surface area contributed by atoms with Gasteiger partial charge in [-0.05, 0) is 73.9 Å². The van der Waals surface area contributed by atoms with Crippen molar-refractivity contribution in [2.75, 3.05) is 26.2 Å². The van der Waals surface area contributed by atoms with Crippen LogP contribution >= 0.6 is 0 Å². The van der Waals surface area contributed by atoms with E-state index in [0.717, 1.165) is 64.0 Å². The molecule has 1 N–H and O–H groups in total. The molecular weight excluding hydrogens is 360 g/mol. The molecule has 2 fully saturated rings. The third-order valence-electron chi connectivity index (χ3n) is 6.49. The molecule has 4 nitrogen and oxygen atoms in total. The highest BCUT2D eigenvalue weighted by Crippen LogP contribution is 2.26. The number of phenolic OH excluding ortho intramolecular Hbond substituents is 1. The number of carbonyl (C=O) groups excluding carboxylic acids is 1. The van der Waals surface area contributed by atoms with E-state index in [4.69, 9.17) is 0 Å². The lowest BCUT2D eigenvalue weighted by molar-refractivity contribution is -0.131. The molecule has 1 unspecified atom stereocenters. The molecule has 2 heterocycles. The molecule has 154 valence electrons. The lowest BCUT2D eigenvalue weighted by atomic mass is 9.92. The summed E-state index contributed by atoms with van der Waals surface area (Å²) in [6.07, 6.45) is 4.96. The second kappa shape index (κ2) is 9.45. The minimum absolute atomic E-state index is 0.326. The van der Waals surface area contributed by atoms with Crippen LogP contribution in [0.1, 0.15) is 36.8 Å². The summed E-state index contributed by atoms with van der Waals surface area (Å²) < 4.78 is 0. The highest BCUT2D eigenvalue weighted by molar-refractivity contribution is 5.76. The number of piperidine rings is 1. The minimum Gasteiger partial charge on any atom is -0.508 e. The summed E-state index contributed by atoms with van der Waals surface area (Å²) in [5.41, 5.74) is 2.53. The van der Waals surface area contributed by atoms with Crippen molar-refractivity contribution < 1.29 is 9.90 Å². The van der Waals surface area contributed by atoms with Gasteiger partial charge in [0.15, 0.2) is 0 Å². The molecule has 1 amide bonds. The van der Waals surface area contributed by atoms with Gasteiger partial charge in [-0.15, -0.1) is 0 Å². The highest BCUT2D eigenvalue weighted by Gasteiger charge is 2.29. The van der Waals surface area contributed by atoms with Crippen molar-refractivity contribution >= 4 is 5.91 Å². The second-order valence-corrected chi connectivity index (χ2v) is 8.78. The van der Waals surface area contributed by atoms with Gasteiger partial charge in [0, 0.05) is 26.1 Å². The van der Waals surface area contributed by atoms with Gasteiger partial charge in [-0.1, -0.05) is 42.5 Å². The summed E-state index contributed by atoms with van der Waals surface area (Å²) in [4.78, 5) is 17.4. The van der Waals surface area contributed by atoms with E-state index >= 15 is 0 Å². The standard InChI is InChI=1S/C25H32N2O2/c28-24-8-4-7-22(16-24)15-23-11-14-27(19-23)25(29)17-20-9-12-26(13-10-20)18-21-5-2-1-3-6-21/h1-8,16,20,23,28H,9-15,17-19H2. The lowest BCUT2D eigenvalue weighted by Gasteiger charge is -2.32. The van der Waals surface area contributed by atoms with Crippen molar-refractivity contribution in [3.63, 3.8) is 0 Å². The van der Waals surface area contributed by atoms with Crippen molar-refractivity contribution in [1.82, 2.24) is 9.80 Å². The topological polar surface area (TPSA) is 43.8 Å². The Morgan fingerprint density at radius 2 is 1.62 bits per heavy atom. The zero-order valence-electron chi connectivity index (χ0n) is 17.2. The molecule has 29 heavy (non-hydrogen) atoms. The van der Waals surface area contributed by atoms with Crippen molar-refractivity contribution in [3.05, 3.63) is 65.7 Å². The van der Waals surface area contributed by atoms with Crippen LogP contribution in [0.4, 0.5) is 0 Å². The van der Waals surface area contributed by atoms with Crippen molar-refractivity contribution in [2.24, 2.45) is 11.8 Å². The fraction of sp³-hybridized carbons (Fsp3) is 0.480. The fourth-order valence-electron chi connectivity index (χ4n) is 4.81. The largest absolute Gasteiger partial charge is 0.508 e. The maximum absolute atomic E-state index is 12.8. The molecule has 2 aromatic rings. The number of rotatable bonds is 6. The summed E-state index contributed by atoms with van der Waals surface area (Å²) in [6, 6.07) is 18.2. The molecular formula is C25H32N2O2. The zero-order chi connectivity index (χ0) is 20.1. The maximum atomic E-state index is 12.8. The van der Waals surface area contributed by atoms with E-state index in [9.17, 15) is 9.90 Å². The summed E-state index contributed by atoms with van der Waals surface area (Å²) in [5, 5.41) is 9.64. The predicted molar refractivity (Wildman–Crippen MR) is 116 cm³/mol. The van der Waals surface area contributed by atoms with Gasteiger partial charge >= 0.3 is 0 Å². The smallest absolute Gasteiger partial charge is 0.222 e. The van der Waals surface area contributed by atoms with Gasteiger partial charge in [-0.2, -0.15) is 0 Å². The SMILES string of the molecule is O=C(CC1CCN(Cc2ccccc2)CC1)N1CCC(Cc2cccc(O)c2)C1. The number of benzene rings is 2. The lowest BCUT2D eigenvalue weighted by Crippen LogP contribution is -2.36. The first-order valence-electron chi connectivity index (χ1n) is 11.0. The van der Waals surface area contributed by atoms with Crippen LogP contribution in [-0.2, 0) is 17.8 Å². The number of aromatic hydroxyl groups is 1. The molecule has 2 aliphatic rings. The van der Waals surface area contributed by atoms with Crippen LogP contribution in [0, 0.1) is 11.8 Å². The summed E-state index contributed by atoms with van der Waals surface area (Å²) in [6.45, 7) is 4.95. The number of amides is 1. The molecule has 2 aliphatic heterocycles. The second-order valence-electron chi connectivity index (χ2n) is 8.78. The van der Waals surface area contributed by atoms with Crippen LogP contribution in [0.2, 0.25) is 0 Å². The first-order valence-corrected chi connectivity index (χ1v) is 11.0. The van der Waals surface area contributed by atoms with E-state index in [0.29, 0.717) is 29.9 Å². The number of nitrogens with zero attached hydrogens (tertiary/aromatic N) is 2. The van der Waals surface area contributed by atoms with Gasteiger partial charge < -0.3 is 10.0 Å². The minimum atomic E-state index is 0.326. The Morgan fingerprint density at radius 3 is 2.38 bits per heavy atom. The zero-order valence-corrected chi connectivity index (χ0v) is 17.2. The van der Waals surface area contributed by atoms with E-state index < -0.39 is 0 Å². The van der Waals surface area contributed by atoms with Gasteiger partial charge in [-0.3, -0.25) is 9.69 Å². The van der Waals surface area contributed by atoms with Crippen LogP contribution in [-0.4, -0.2) is 47.0 Å². The third kappa shape index (κ3) is 5.60. The highest BCUT2D eigenvalue weighted by atomic mass is 16.3. The van der Waals surface area contributed by atoms with Crippen LogP contribution in [0.5, 0.6) is 5.75 Å². The Bertz CT molecular complexity index is 799. The van der Waals surface area contributed by atoms with Gasteiger partial charge in [0.05, 0.1) is 0 Å². The van der Waals surface area contributed by atoms with E-state index in [1.54, 1.807) is 6.07 Å². The van der Waals surface area contributed by atoms with E-state index in [1.165, 1.54) is 5.56 Å². The Balaban J connectivity index is 1.19. The first kappa shape index (κ1) is 20.0. The summed E-state index contributed by atoms with van der Waals surface area (Å²) in [7, 11) is 0. The van der Waals surface area contributed by atoms with Gasteiger partial charge in [0.25, 0.3) is 0 Å². The fourth-order valence-corrected chi connectivity index (χ4v) is 4.81. The van der Waals surface area contributed by atoms with Gasteiger partial charge in [-0.25, -0.2) is 0 Å². The molecule has 2 aromatic carbocycles. The van der Waals surface area contributed by atoms with Crippen molar-refractivity contribution in [1.29, 1.82) is 0 Å². The molecule has 1 atom stereocenters. The monoisotopic (exact) mass is 392 g/mol. The number of likely N-dealkylation sites (tertiary alicyclic amines) is 2. The molecule has 0 aliphatic carbocycles. The molecule has 4 heteroatoms. The normalized spacial score (nSPS) is 20.8. The molecule has 4 rings (SSSR count). The van der Waals surface area contributed by atoms with Crippen molar-refractivity contribution in [3.8, 4) is 5.75 Å². The first-order chi connectivity index (χ1) is 14.2. The molecule has 0 radical (unpaired) electrons. The van der Waals surface area contributed by atoms with Crippen molar-refractivity contribution in [2.45, 2.75) is 38.6 Å². The van der Waals surface area contributed by atoms with Gasteiger partial charge in [0.2, 0.25) is 5.91 Å². The maximum Gasteiger partial charge on any atom is 0.222 e. The number of hydrogen-bond donors (Lipinski definition) is 1. The van der Waals surface area contributed by atoms with Gasteiger partial charge in [0.1, 0.15) is 5.75 Å². The van der Waals surface area contributed by atoms with Crippen LogP contribution in [0.15, 0.2) is 54.6 Å². The Hall–Kier alpha value is -2.33. The van der Waals surface area contributed by atoms with Crippen LogP contribution in [0.3, 0.4) is 0 Å². The summed E-state index contributed by atoms with van der Waals surface area (Å²) in [5.74, 6) is 1.70. The molecule has 0 saturated carbocycles.